The Morgan fingerprint density at radius 3 is 2.50 bits per heavy atom. The smallest absolute Gasteiger partial charge is 0.122 e. The number of aromatic hydroxyl groups is 1. The van der Waals surface area contributed by atoms with Crippen molar-refractivity contribution in [1.82, 2.24) is 0 Å². The Morgan fingerprint density at radius 2 is 1.75 bits per heavy atom. The maximum Gasteiger partial charge on any atom is 0.122 e. The molecule has 0 saturated heterocycles. The first-order valence-corrected chi connectivity index (χ1v) is 6.07. The third-order valence-corrected chi connectivity index (χ3v) is 3.72. The molecule has 0 atom stereocenters. The predicted molar refractivity (Wildman–Crippen MR) is 67.0 cm³/mol. The van der Waals surface area contributed by atoms with E-state index in [1.807, 2.05) is 0 Å². The van der Waals surface area contributed by atoms with Crippen LogP contribution >= 0.6 is 0 Å². The topological polar surface area (TPSA) is 20.2 Å². The van der Waals surface area contributed by atoms with Crippen LogP contribution in [0.2, 0.25) is 0 Å². The number of benzene rings is 2. The van der Waals surface area contributed by atoms with Gasteiger partial charge in [0.2, 0.25) is 0 Å². The molecule has 3 rings (SSSR count). The number of hydrogen-bond acceptors (Lipinski definition) is 1. The van der Waals surface area contributed by atoms with Gasteiger partial charge in [0.1, 0.15) is 5.75 Å². The highest BCUT2D eigenvalue weighted by Crippen LogP contribution is 2.40. The number of phenols is 1. The van der Waals surface area contributed by atoms with Crippen molar-refractivity contribution in [2.45, 2.75) is 32.6 Å². The third kappa shape index (κ3) is 1.18. The molecule has 0 unspecified atom stereocenters. The molecule has 0 spiro atoms. The van der Waals surface area contributed by atoms with Gasteiger partial charge in [0, 0.05) is 5.56 Å². The molecular weight excluding hydrogens is 196 g/mol. The van der Waals surface area contributed by atoms with Crippen LogP contribution in [0.25, 0.3) is 10.8 Å². The lowest BCUT2D eigenvalue weighted by atomic mass is 9.94. The van der Waals surface area contributed by atoms with Gasteiger partial charge in [-0.2, -0.15) is 0 Å². The van der Waals surface area contributed by atoms with Crippen LogP contribution in [0.4, 0.5) is 0 Å². The first-order valence-electron chi connectivity index (χ1n) is 6.07. The number of hydrogen-bond donors (Lipinski definition) is 1. The van der Waals surface area contributed by atoms with Gasteiger partial charge >= 0.3 is 0 Å². The minimum Gasteiger partial charge on any atom is -0.507 e. The van der Waals surface area contributed by atoms with Crippen LogP contribution in [0.1, 0.15) is 30.0 Å². The Bertz CT molecular complexity index is 540. The maximum atomic E-state index is 10.3. The van der Waals surface area contributed by atoms with E-state index in [0.29, 0.717) is 5.75 Å². The average Bonchev–Trinajstić information content (AvgIpc) is 2.79. The molecule has 1 aliphatic carbocycles. The molecule has 1 heteroatoms. The lowest BCUT2D eigenvalue weighted by Crippen LogP contribution is -1.93. The monoisotopic (exact) mass is 212 g/mol. The van der Waals surface area contributed by atoms with Crippen LogP contribution in [-0.2, 0) is 19.3 Å². The summed E-state index contributed by atoms with van der Waals surface area (Å²) in [5.41, 5.74) is 3.71. The molecule has 0 aliphatic heterocycles. The van der Waals surface area contributed by atoms with E-state index >= 15 is 0 Å². The van der Waals surface area contributed by atoms with E-state index in [1.165, 1.54) is 28.3 Å². The van der Waals surface area contributed by atoms with Crippen LogP contribution < -0.4 is 0 Å². The summed E-state index contributed by atoms with van der Waals surface area (Å²) in [5, 5.41) is 12.9. The SMILES string of the molecule is CCc1c(O)c2c(c3ccccc13)CCC2. The highest BCUT2D eigenvalue weighted by molar-refractivity contribution is 5.92. The zero-order valence-electron chi connectivity index (χ0n) is 9.59. The van der Waals surface area contributed by atoms with Gasteiger partial charge in [-0.05, 0) is 47.6 Å². The zero-order valence-corrected chi connectivity index (χ0v) is 9.59. The molecule has 0 heterocycles. The zero-order chi connectivity index (χ0) is 11.1. The predicted octanol–water partition coefficient (Wildman–Crippen LogP) is 3.60. The van der Waals surface area contributed by atoms with Crippen LogP contribution in [0.3, 0.4) is 0 Å². The molecule has 0 amide bonds. The Morgan fingerprint density at radius 1 is 1.06 bits per heavy atom. The second-order valence-electron chi connectivity index (χ2n) is 4.54. The number of fused-ring (bicyclic) bond motifs is 3. The lowest BCUT2D eigenvalue weighted by molar-refractivity contribution is 0.464. The van der Waals surface area contributed by atoms with E-state index in [4.69, 9.17) is 0 Å². The molecule has 0 saturated carbocycles. The van der Waals surface area contributed by atoms with Crippen LogP contribution in [-0.4, -0.2) is 5.11 Å². The lowest BCUT2D eigenvalue weighted by Gasteiger charge is -2.13. The van der Waals surface area contributed by atoms with E-state index in [0.717, 1.165) is 24.8 Å². The number of phenolic OH excluding ortho intramolecular Hbond substituents is 1. The second-order valence-corrected chi connectivity index (χ2v) is 4.54. The second kappa shape index (κ2) is 3.51. The molecule has 1 aliphatic rings. The van der Waals surface area contributed by atoms with Crippen molar-refractivity contribution in [2.24, 2.45) is 0 Å². The van der Waals surface area contributed by atoms with Crippen molar-refractivity contribution in [3.63, 3.8) is 0 Å². The van der Waals surface area contributed by atoms with E-state index in [9.17, 15) is 5.11 Å². The largest absolute Gasteiger partial charge is 0.507 e. The van der Waals surface area contributed by atoms with Crippen LogP contribution in [0.5, 0.6) is 5.75 Å². The van der Waals surface area contributed by atoms with Crippen LogP contribution in [0.15, 0.2) is 24.3 Å². The van der Waals surface area contributed by atoms with Crippen molar-refractivity contribution in [3.8, 4) is 5.75 Å². The molecule has 82 valence electrons. The molecule has 1 N–H and O–H groups in total. The summed E-state index contributed by atoms with van der Waals surface area (Å²) in [6.45, 7) is 2.11. The molecule has 16 heavy (non-hydrogen) atoms. The van der Waals surface area contributed by atoms with Crippen molar-refractivity contribution >= 4 is 10.8 Å². The van der Waals surface area contributed by atoms with Crippen molar-refractivity contribution in [2.75, 3.05) is 0 Å². The average molecular weight is 212 g/mol. The normalized spacial score (nSPS) is 14.3. The van der Waals surface area contributed by atoms with Gasteiger partial charge in [-0.15, -0.1) is 0 Å². The summed E-state index contributed by atoms with van der Waals surface area (Å²) in [7, 11) is 0. The summed E-state index contributed by atoms with van der Waals surface area (Å²) < 4.78 is 0. The van der Waals surface area contributed by atoms with Crippen molar-refractivity contribution in [3.05, 3.63) is 41.0 Å². The van der Waals surface area contributed by atoms with Gasteiger partial charge in [-0.3, -0.25) is 0 Å². The minimum absolute atomic E-state index is 0.564. The summed E-state index contributed by atoms with van der Waals surface area (Å²) in [4.78, 5) is 0. The highest BCUT2D eigenvalue weighted by atomic mass is 16.3. The number of aryl methyl sites for hydroxylation is 2. The van der Waals surface area contributed by atoms with Crippen molar-refractivity contribution in [1.29, 1.82) is 0 Å². The molecule has 0 radical (unpaired) electrons. The molecule has 0 aromatic heterocycles. The fourth-order valence-electron chi connectivity index (χ4n) is 2.98. The Hall–Kier alpha value is -1.50. The Kier molecular flexibility index (Phi) is 2.13. The quantitative estimate of drug-likeness (QED) is 0.765. The minimum atomic E-state index is 0.564. The fraction of sp³-hybridized carbons (Fsp3) is 0.333. The van der Waals surface area contributed by atoms with E-state index in [2.05, 4.69) is 31.2 Å². The van der Waals surface area contributed by atoms with Crippen molar-refractivity contribution < 1.29 is 5.11 Å². The summed E-state index contributed by atoms with van der Waals surface area (Å²) >= 11 is 0. The molecule has 0 fully saturated rings. The van der Waals surface area contributed by atoms with Gasteiger partial charge in [0.05, 0.1) is 0 Å². The first kappa shape index (κ1) is 9.71. The molecule has 0 bridgehead atoms. The summed E-state index contributed by atoms with van der Waals surface area (Å²) in [5.74, 6) is 0.564. The summed E-state index contributed by atoms with van der Waals surface area (Å²) in [6, 6.07) is 8.48. The van der Waals surface area contributed by atoms with Crippen LogP contribution in [0, 0.1) is 0 Å². The van der Waals surface area contributed by atoms with Gasteiger partial charge in [0.25, 0.3) is 0 Å². The van der Waals surface area contributed by atoms with Gasteiger partial charge < -0.3 is 5.11 Å². The molecule has 2 aromatic carbocycles. The van der Waals surface area contributed by atoms with E-state index < -0.39 is 0 Å². The molecule has 1 nitrogen and oxygen atoms in total. The maximum absolute atomic E-state index is 10.3. The molecule has 2 aromatic rings. The Balaban J connectivity index is 2.48. The highest BCUT2D eigenvalue weighted by Gasteiger charge is 2.21. The number of rotatable bonds is 1. The molecular formula is C15H16O. The van der Waals surface area contributed by atoms with Gasteiger partial charge in [-0.25, -0.2) is 0 Å². The standard InChI is InChI=1S/C15H16O/c1-2-10-11-6-3-4-7-12(11)13-8-5-9-14(13)15(10)16/h3-4,6-7,16H,2,5,8-9H2,1H3. The van der Waals surface area contributed by atoms with E-state index in [1.54, 1.807) is 0 Å². The first-order chi connectivity index (χ1) is 7.83. The van der Waals surface area contributed by atoms with Gasteiger partial charge in [0.15, 0.2) is 0 Å². The fourth-order valence-corrected chi connectivity index (χ4v) is 2.98. The van der Waals surface area contributed by atoms with Gasteiger partial charge in [-0.1, -0.05) is 31.2 Å². The Labute approximate surface area is 95.7 Å². The summed E-state index contributed by atoms with van der Waals surface area (Å²) in [6.07, 6.45) is 4.24. The van der Waals surface area contributed by atoms with E-state index in [-0.39, 0.29) is 0 Å². The third-order valence-electron chi connectivity index (χ3n) is 3.72.